The van der Waals surface area contributed by atoms with Crippen LogP contribution in [0.1, 0.15) is 148 Å². The summed E-state index contributed by atoms with van der Waals surface area (Å²) in [5, 5.41) is 28.1. The molecule has 0 spiro atoms. The van der Waals surface area contributed by atoms with Gasteiger partial charge in [-0.3, -0.25) is 0 Å². The summed E-state index contributed by atoms with van der Waals surface area (Å²) < 4.78 is 26.5. The fourth-order valence-electron chi connectivity index (χ4n) is 18.4. The number of carbonyl (C=O) groups is 12. The Morgan fingerprint density at radius 1 is 0.220 bits per heavy atom. The van der Waals surface area contributed by atoms with Crippen molar-refractivity contribution >= 4 is 344 Å². The number of Topliss-reactive ketones (excluding diaryl/α,β-unsaturated/α-hetero) is 12. The van der Waals surface area contributed by atoms with Crippen molar-refractivity contribution in [3.63, 3.8) is 0 Å². The first-order chi connectivity index (χ1) is 73.3. The number of benzene rings is 2. The van der Waals surface area contributed by atoms with E-state index in [-0.39, 0.29) is 118 Å². The molecule has 150 heavy (non-hydrogen) atoms. The van der Waals surface area contributed by atoms with Crippen LogP contribution < -0.4 is 0 Å². The minimum absolute atomic E-state index is 0.0201. The third kappa shape index (κ3) is 17.8. The van der Waals surface area contributed by atoms with Gasteiger partial charge in [0.05, 0.1) is 0 Å². The molecule has 30 rings (SSSR count). The van der Waals surface area contributed by atoms with Crippen molar-refractivity contribution < 1.29 is 57.5 Å². The van der Waals surface area contributed by atoms with Crippen LogP contribution >= 0.6 is 68.0 Å². The van der Waals surface area contributed by atoms with E-state index < -0.39 is 61.3 Å². The molecule has 2 aromatic carbocycles. The molecule has 24 aromatic rings. The molecular formula is C116H62N10O12S6Se3Te3. The van der Waals surface area contributed by atoms with Gasteiger partial charge in [0.15, 0.2) is 0 Å². The molecule has 6 aliphatic carbocycles. The summed E-state index contributed by atoms with van der Waals surface area (Å²) in [6.45, 7) is 0. The monoisotopic (exact) mass is 2610 g/mol. The Morgan fingerprint density at radius 3 is 0.827 bits per heavy atom. The maximum absolute atomic E-state index is 12.4. The van der Waals surface area contributed by atoms with Gasteiger partial charge in [-0.1, -0.05) is 0 Å². The van der Waals surface area contributed by atoms with Crippen molar-refractivity contribution in [2.75, 3.05) is 0 Å². The molecule has 0 radical (unpaired) electrons. The van der Waals surface area contributed by atoms with Crippen LogP contribution in [0.25, 0.3) is 127 Å². The molecule has 22 nitrogen and oxygen atoms in total. The Labute approximate surface area is 920 Å². The number of carbonyl (C=O) groups excluding carboxylic acids is 12. The fraction of sp³-hybridized carbons (Fsp3) is 0. The molecule has 34 heteroatoms. The predicted molar refractivity (Wildman–Crippen MR) is 598 cm³/mol. The zero-order chi connectivity index (χ0) is 102. The number of aromatic nitrogens is 10. The number of pyridine rings is 4. The average molecular weight is 2600 g/mol. The Hall–Kier alpha value is -14.2. The molecule has 0 N–H and O–H groups in total. The van der Waals surface area contributed by atoms with Gasteiger partial charge in [0.2, 0.25) is 0 Å². The molecule has 0 aliphatic heterocycles. The molecule has 720 valence electrons. The van der Waals surface area contributed by atoms with Gasteiger partial charge in [-0.2, -0.15) is 0 Å². The van der Waals surface area contributed by atoms with E-state index in [1.165, 1.54) is 105 Å². The van der Waals surface area contributed by atoms with Crippen LogP contribution in [0.2, 0.25) is 0 Å². The van der Waals surface area contributed by atoms with E-state index in [0.717, 1.165) is 77.0 Å². The van der Waals surface area contributed by atoms with Crippen molar-refractivity contribution in [2.45, 2.75) is 0 Å². The topological polar surface area (TPSA) is 286 Å². The molecule has 0 atom stereocenters. The number of ketones is 12. The summed E-state index contributed by atoms with van der Waals surface area (Å²) >= 11 is 6.53. The zero-order valence-electron chi connectivity index (χ0n) is 77.1. The van der Waals surface area contributed by atoms with E-state index in [1.807, 2.05) is 146 Å². The van der Waals surface area contributed by atoms with Gasteiger partial charge in [0.25, 0.3) is 0 Å². The number of hydrogen-bond acceptors (Lipinski definition) is 22. The predicted octanol–water partition coefficient (Wildman–Crippen LogP) is 22.8. The number of para-hydroxylation sites is 2. The number of nitrogens with zero attached hydrogens (tertiary/aromatic N) is 10. The summed E-state index contributed by atoms with van der Waals surface area (Å²) in [6, 6.07) is 65.4. The molecule has 22 aromatic heterocycles. The molecule has 0 bridgehead atoms. The Morgan fingerprint density at radius 2 is 0.473 bits per heavy atom. The zero-order valence-corrected chi connectivity index (χ0v) is 94.1. The van der Waals surface area contributed by atoms with Crippen molar-refractivity contribution in [2.24, 2.45) is 0 Å². The van der Waals surface area contributed by atoms with Crippen LogP contribution in [0.15, 0.2) is 366 Å². The van der Waals surface area contributed by atoms with E-state index >= 15 is 0 Å². The van der Waals surface area contributed by atoms with Crippen molar-refractivity contribution in [1.82, 2.24) is 47.3 Å². The molecule has 22 heterocycles. The third-order valence-corrected chi connectivity index (χ3v) is 45.5. The Kier molecular flexibility index (Phi) is 26.1. The van der Waals surface area contributed by atoms with E-state index in [2.05, 4.69) is 151 Å². The second-order valence-electron chi connectivity index (χ2n) is 34.5. The van der Waals surface area contributed by atoms with Crippen molar-refractivity contribution in [3.8, 4) is 24.8 Å². The van der Waals surface area contributed by atoms with Gasteiger partial charge in [0, 0.05) is 0 Å². The molecule has 0 fully saturated rings. The molecular weight excluding hydrogens is 2540 g/mol. The van der Waals surface area contributed by atoms with Gasteiger partial charge in [-0.15, -0.1) is 0 Å². The molecule has 0 unspecified atom stereocenters. The number of rotatable bonds is 12. The van der Waals surface area contributed by atoms with Crippen molar-refractivity contribution in [1.29, 1.82) is 0 Å². The van der Waals surface area contributed by atoms with Crippen LogP contribution in [0.3, 0.4) is 0 Å². The summed E-state index contributed by atoms with van der Waals surface area (Å²) in [7, 11) is 0. The van der Waals surface area contributed by atoms with E-state index in [4.69, 9.17) is 0 Å². The average Bonchev–Trinajstić information content (AvgIpc) is 1.63. The van der Waals surface area contributed by atoms with Gasteiger partial charge in [0.1, 0.15) is 0 Å². The Bertz CT molecular complexity index is 8440. The van der Waals surface area contributed by atoms with Gasteiger partial charge >= 0.3 is 931 Å². The van der Waals surface area contributed by atoms with Crippen LogP contribution in [-0.2, 0) is 0 Å². The molecule has 0 amide bonds. The summed E-state index contributed by atoms with van der Waals surface area (Å²) in [5.74, 6) is -1.72. The number of hydrogen-bond donors (Lipinski definition) is 0. The molecule has 6 aliphatic rings. The summed E-state index contributed by atoms with van der Waals surface area (Å²) in [6.07, 6.45) is 33.9. The molecule has 0 saturated heterocycles. The summed E-state index contributed by atoms with van der Waals surface area (Å²) in [5.41, 5.74) is 14.8. The number of allylic oxidation sites excluding steroid dienone is 6. The van der Waals surface area contributed by atoms with Gasteiger partial charge in [-0.25, -0.2) is 0 Å². The van der Waals surface area contributed by atoms with Crippen LogP contribution in [0, 0.1) is 0 Å². The standard InChI is InChI=1S/C20H11NO2SSe.C20H11NO2STe.2C19H10N2O2SSe.2C19H10N2O2STe/c2*22-19-14(20(23)16-11-24-10-15(16)19)9-13-5-6-18(25-13)21-8-7-12-3-1-2-4-17(12)21;22-18-13(19(23)15-10-24-9-14(15)18)7-12-1-2-17(25-12)21-6-4-11-3-5-20-8-16(11)21;22-17-13(18(23)15-10-24-9-14(15)17)8-12-3-4-16(25-12)21-7-5-11-2-1-6-20-19(11)21;22-18-13(19(23)15-10-24-9-14(15)18)7-12-1-2-17(25-12)21-6-4-11-3-5-20-8-16(11)21;22-17-13(18(23)15-10-24-9-14(15)17)8-12-3-4-16(25-12)21-7-5-11-2-1-6-20-19(11)21/h2*1-11H;4*1-10H. The van der Waals surface area contributed by atoms with Crippen LogP contribution in [-0.4, -0.2) is 222 Å². The second kappa shape index (κ2) is 40.6. The third-order valence-electron chi connectivity index (χ3n) is 25.7. The van der Waals surface area contributed by atoms with E-state index in [9.17, 15) is 57.5 Å². The maximum atomic E-state index is 12.4. The first kappa shape index (κ1) is 96.6. The van der Waals surface area contributed by atoms with Gasteiger partial charge in [-0.05, 0) is 0 Å². The van der Waals surface area contributed by atoms with E-state index in [0.29, 0.717) is 94.6 Å². The minimum atomic E-state index is -0.675. The van der Waals surface area contributed by atoms with Crippen LogP contribution in [0.5, 0.6) is 0 Å². The summed E-state index contributed by atoms with van der Waals surface area (Å²) in [4.78, 5) is 166. The number of fused-ring (bicyclic) bond motifs is 12. The molecule has 0 saturated carbocycles. The quantitative estimate of drug-likeness (QED) is 0.0624. The van der Waals surface area contributed by atoms with E-state index in [1.54, 1.807) is 120 Å². The van der Waals surface area contributed by atoms with Crippen molar-refractivity contribution in [3.05, 3.63) is 457 Å². The first-order valence-electron chi connectivity index (χ1n) is 46.0. The fourth-order valence-corrected chi connectivity index (χ4v) is 37.2. The second-order valence-corrected chi connectivity index (χ2v) is 55.2. The first-order valence-corrected chi connectivity index (χ1v) is 63.8. The normalized spacial score (nSPS) is 13.7. The SMILES string of the molecule is O=C1C(=Cc2ccc(-n3ccc4ccccc43)[se]2)C(=O)c2cscc21.O=C1C(=Cc2ccc(-n3ccc4ccccc43)[te]2)C(=O)c2cscc21.O=C1C(=Cc2ccc(-n3ccc4cccnc43)[se]2)C(=O)c2cscc21.O=C1C(=Cc2ccc(-n3ccc4cccnc43)[te]2)C(=O)c2cscc21.O=C1C(=Cc2ccc(-n3ccc4ccncc43)[se]2)C(=O)c2cscc21.O=C1C(=Cc2ccc(-n3ccc4ccncc43)[te]2)C(=O)c2cscc21. The van der Waals surface area contributed by atoms with Gasteiger partial charge < -0.3 is 0 Å². The number of thiophene rings is 6. The Balaban J connectivity index is 0.0000000932. The van der Waals surface area contributed by atoms with Crippen LogP contribution in [0.4, 0.5) is 0 Å².